The number of aromatic hydroxyl groups is 1. The fourth-order valence-electron chi connectivity index (χ4n) is 2.22. The predicted molar refractivity (Wildman–Crippen MR) is 86.8 cm³/mol. The number of hydrazone groups is 1. The molecule has 1 amide bonds. The van der Waals surface area contributed by atoms with Gasteiger partial charge >= 0.3 is 5.69 Å². The zero-order chi connectivity index (χ0) is 17.8. The Balaban J connectivity index is 1.59. The fourth-order valence-corrected chi connectivity index (χ4v) is 2.22. The summed E-state index contributed by atoms with van der Waals surface area (Å²) in [5, 5.41) is 23.9. The number of phenols is 1. The summed E-state index contributed by atoms with van der Waals surface area (Å²) in [5.74, 6) is 0.429. The van der Waals surface area contributed by atoms with E-state index in [0.29, 0.717) is 17.1 Å². The summed E-state index contributed by atoms with van der Waals surface area (Å²) in [6.07, 6.45) is 1.34. The lowest BCUT2D eigenvalue weighted by Gasteiger charge is -2.02. The number of ether oxygens (including phenoxy) is 2. The number of nitrogens with zero attached hydrogens (tertiary/aromatic N) is 2. The average Bonchev–Trinajstić information content (AvgIpc) is 3.03. The van der Waals surface area contributed by atoms with Gasteiger partial charge in [0.25, 0.3) is 0 Å². The van der Waals surface area contributed by atoms with Gasteiger partial charge in [-0.2, -0.15) is 5.10 Å². The number of fused-ring (bicyclic) bond motifs is 1. The lowest BCUT2D eigenvalue weighted by Crippen LogP contribution is -2.19. The van der Waals surface area contributed by atoms with Crippen LogP contribution < -0.4 is 14.9 Å². The summed E-state index contributed by atoms with van der Waals surface area (Å²) >= 11 is 0. The molecule has 1 aliphatic heterocycles. The van der Waals surface area contributed by atoms with Crippen LogP contribution in [0, 0.1) is 10.1 Å². The van der Waals surface area contributed by atoms with Gasteiger partial charge in [0.15, 0.2) is 17.2 Å². The van der Waals surface area contributed by atoms with Crippen molar-refractivity contribution in [3.63, 3.8) is 0 Å². The van der Waals surface area contributed by atoms with Crippen molar-refractivity contribution in [1.29, 1.82) is 0 Å². The first-order valence-electron chi connectivity index (χ1n) is 7.21. The summed E-state index contributed by atoms with van der Waals surface area (Å²) in [4.78, 5) is 21.9. The molecule has 3 rings (SSSR count). The maximum atomic E-state index is 11.9. The van der Waals surface area contributed by atoms with Gasteiger partial charge in [0.2, 0.25) is 12.7 Å². The molecule has 2 N–H and O–H groups in total. The highest BCUT2D eigenvalue weighted by Gasteiger charge is 2.15. The van der Waals surface area contributed by atoms with Crippen molar-refractivity contribution in [1.82, 2.24) is 5.43 Å². The van der Waals surface area contributed by atoms with E-state index in [0.717, 1.165) is 11.6 Å². The Labute approximate surface area is 141 Å². The van der Waals surface area contributed by atoms with E-state index in [1.807, 2.05) is 0 Å². The van der Waals surface area contributed by atoms with Crippen molar-refractivity contribution in [2.75, 3.05) is 6.79 Å². The number of nitrogens with one attached hydrogen (secondary N) is 1. The molecule has 25 heavy (non-hydrogen) atoms. The Kier molecular flexibility index (Phi) is 4.46. The first-order valence-corrected chi connectivity index (χ1v) is 7.21. The van der Waals surface area contributed by atoms with Crippen molar-refractivity contribution in [3.8, 4) is 17.2 Å². The third-order valence-electron chi connectivity index (χ3n) is 3.40. The number of nitro benzene ring substituents is 1. The van der Waals surface area contributed by atoms with Gasteiger partial charge in [-0.3, -0.25) is 14.9 Å². The summed E-state index contributed by atoms with van der Waals surface area (Å²) in [6.45, 7) is 0.161. The van der Waals surface area contributed by atoms with Crippen LogP contribution in [0.25, 0.3) is 0 Å². The third kappa shape index (κ3) is 3.83. The van der Waals surface area contributed by atoms with Crippen LogP contribution in [0.15, 0.2) is 41.5 Å². The van der Waals surface area contributed by atoms with E-state index in [2.05, 4.69) is 10.5 Å². The monoisotopic (exact) mass is 343 g/mol. The Bertz CT molecular complexity index is 865. The van der Waals surface area contributed by atoms with Gasteiger partial charge in [-0.15, -0.1) is 0 Å². The number of phenolic OH excluding ortho intramolecular Hbond substituents is 1. The molecule has 2 aromatic rings. The molecule has 0 fully saturated rings. The number of benzene rings is 2. The molecular formula is C16H13N3O6. The van der Waals surface area contributed by atoms with Gasteiger partial charge in [0, 0.05) is 11.6 Å². The molecule has 0 aromatic heterocycles. The molecule has 9 nitrogen and oxygen atoms in total. The number of hydrogen-bond donors (Lipinski definition) is 2. The van der Waals surface area contributed by atoms with Gasteiger partial charge in [0.1, 0.15) is 0 Å². The molecule has 0 unspecified atom stereocenters. The average molecular weight is 343 g/mol. The van der Waals surface area contributed by atoms with Crippen LogP contribution >= 0.6 is 0 Å². The molecule has 2 aromatic carbocycles. The lowest BCUT2D eigenvalue weighted by atomic mass is 10.1. The van der Waals surface area contributed by atoms with Gasteiger partial charge < -0.3 is 14.6 Å². The first-order chi connectivity index (χ1) is 12.0. The van der Waals surface area contributed by atoms with E-state index in [1.165, 1.54) is 18.3 Å². The van der Waals surface area contributed by atoms with E-state index in [-0.39, 0.29) is 19.1 Å². The minimum atomic E-state index is -0.703. The Morgan fingerprint density at radius 1 is 1.28 bits per heavy atom. The molecule has 0 radical (unpaired) electrons. The lowest BCUT2D eigenvalue weighted by molar-refractivity contribution is -0.385. The number of hydrogen-bond acceptors (Lipinski definition) is 7. The highest BCUT2D eigenvalue weighted by Crippen LogP contribution is 2.32. The maximum Gasteiger partial charge on any atom is 0.311 e. The molecule has 0 saturated heterocycles. The Morgan fingerprint density at radius 3 is 2.88 bits per heavy atom. The number of nitro groups is 1. The van der Waals surface area contributed by atoms with Gasteiger partial charge in [0.05, 0.1) is 17.6 Å². The van der Waals surface area contributed by atoms with Crippen LogP contribution in [0.3, 0.4) is 0 Å². The van der Waals surface area contributed by atoms with Crippen LogP contribution in [0.1, 0.15) is 11.1 Å². The van der Waals surface area contributed by atoms with Crippen molar-refractivity contribution < 1.29 is 24.3 Å². The molecule has 0 aliphatic carbocycles. The van der Waals surface area contributed by atoms with E-state index in [1.54, 1.807) is 18.2 Å². The van der Waals surface area contributed by atoms with Crippen LogP contribution in [-0.2, 0) is 11.2 Å². The normalized spacial score (nSPS) is 12.3. The predicted octanol–water partition coefficient (Wildman–Crippen LogP) is 1.72. The molecule has 0 bridgehead atoms. The molecule has 1 aliphatic rings. The van der Waals surface area contributed by atoms with Crippen molar-refractivity contribution in [2.24, 2.45) is 5.10 Å². The van der Waals surface area contributed by atoms with Crippen molar-refractivity contribution in [3.05, 3.63) is 57.6 Å². The standard InChI is InChI=1S/C16H13N3O6/c20-13-3-1-11(5-12(13)19(22)23)8-17-18-16(21)7-10-2-4-14-15(6-10)25-9-24-14/h1-6,8,20H,7,9H2,(H,18,21)/b17-8-. The largest absolute Gasteiger partial charge is 0.502 e. The SMILES string of the molecule is O=C(Cc1ccc2c(c1)OCO2)N/N=C\c1ccc(O)c([N+](=O)[O-])c1. The molecule has 9 heteroatoms. The quantitative estimate of drug-likeness (QED) is 0.484. The second-order valence-electron chi connectivity index (χ2n) is 5.16. The topological polar surface area (TPSA) is 123 Å². The molecule has 0 spiro atoms. The molecule has 0 saturated carbocycles. The fraction of sp³-hybridized carbons (Fsp3) is 0.125. The van der Waals surface area contributed by atoms with Crippen LogP contribution in [-0.4, -0.2) is 28.9 Å². The highest BCUT2D eigenvalue weighted by molar-refractivity contribution is 5.84. The Hall–Kier alpha value is -3.62. The Morgan fingerprint density at radius 2 is 2.08 bits per heavy atom. The minimum absolute atomic E-state index is 0.0870. The second kappa shape index (κ2) is 6.87. The highest BCUT2D eigenvalue weighted by atomic mass is 16.7. The van der Waals surface area contributed by atoms with Crippen LogP contribution in [0.2, 0.25) is 0 Å². The number of carbonyl (C=O) groups is 1. The zero-order valence-corrected chi connectivity index (χ0v) is 12.8. The van der Waals surface area contributed by atoms with Gasteiger partial charge in [-0.1, -0.05) is 6.07 Å². The summed E-state index contributed by atoms with van der Waals surface area (Å²) in [5.41, 5.74) is 3.00. The van der Waals surface area contributed by atoms with Crippen molar-refractivity contribution in [2.45, 2.75) is 6.42 Å². The number of rotatable bonds is 5. The second-order valence-corrected chi connectivity index (χ2v) is 5.16. The zero-order valence-electron chi connectivity index (χ0n) is 12.8. The smallest absolute Gasteiger partial charge is 0.311 e. The summed E-state index contributed by atoms with van der Waals surface area (Å²) < 4.78 is 10.4. The van der Waals surface area contributed by atoms with Crippen molar-refractivity contribution >= 4 is 17.8 Å². The molecule has 0 atom stereocenters. The van der Waals surface area contributed by atoms with E-state index in [4.69, 9.17) is 9.47 Å². The van der Waals surface area contributed by atoms with Crippen LogP contribution in [0.5, 0.6) is 17.2 Å². The van der Waals surface area contributed by atoms with E-state index < -0.39 is 16.4 Å². The summed E-state index contributed by atoms with van der Waals surface area (Å²) in [6, 6.07) is 8.98. The van der Waals surface area contributed by atoms with Gasteiger partial charge in [-0.25, -0.2) is 5.43 Å². The van der Waals surface area contributed by atoms with Gasteiger partial charge in [-0.05, 0) is 29.8 Å². The maximum absolute atomic E-state index is 11.9. The molecule has 128 valence electrons. The number of carbonyl (C=O) groups excluding carboxylic acids is 1. The number of amides is 1. The van der Waals surface area contributed by atoms with E-state index >= 15 is 0 Å². The first kappa shape index (κ1) is 16.2. The van der Waals surface area contributed by atoms with Crippen LogP contribution in [0.4, 0.5) is 5.69 Å². The third-order valence-corrected chi connectivity index (χ3v) is 3.40. The molecule has 1 heterocycles. The molecular weight excluding hydrogens is 330 g/mol. The van der Waals surface area contributed by atoms with E-state index in [9.17, 15) is 20.0 Å². The summed E-state index contributed by atoms with van der Waals surface area (Å²) in [7, 11) is 0. The minimum Gasteiger partial charge on any atom is -0.502 e.